The molecule has 0 aromatic heterocycles. The van der Waals surface area contributed by atoms with Crippen LogP contribution in [-0.2, 0) is 0 Å². The number of hydrogen-bond acceptors (Lipinski definition) is 1. The van der Waals surface area contributed by atoms with Gasteiger partial charge in [-0.05, 0) is 32.2 Å². The fraction of sp³-hybridized carbons (Fsp3) is 1.00. The molecule has 0 spiro atoms. The molecular weight excluding hydrogens is 122 g/mol. The van der Waals surface area contributed by atoms with Gasteiger partial charge in [0, 0.05) is 6.04 Å². The summed E-state index contributed by atoms with van der Waals surface area (Å²) in [5, 5.41) is 3.36. The van der Waals surface area contributed by atoms with Crippen molar-refractivity contribution in [1.29, 1.82) is 0 Å². The lowest BCUT2D eigenvalue weighted by Gasteiger charge is -2.11. The van der Waals surface area contributed by atoms with Gasteiger partial charge in [0.2, 0.25) is 0 Å². The first-order valence-electron chi connectivity index (χ1n) is 4.50. The minimum atomic E-state index is 0.810. The van der Waals surface area contributed by atoms with Crippen molar-refractivity contribution >= 4 is 0 Å². The Morgan fingerprint density at radius 3 is 2.60 bits per heavy atom. The molecular formula is C9H19N. The zero-order chi connectivity index (χ0) is 7.40. The van der Waals surface area contributed by atoms with E-state index in [0.29, 0.717) is 0 Å². The maximum absolute atomic E-state index is 3.36. The highest BCUT2D eigenvalue weighted by molar-refractivity contribution is 4.71. The minimum Gasteiger partial charge on any atom is -0.317 e. The topological polar surface area (TPSA) is 12.0 Å². The molecule has 1 heteroatoms. The van der Waals surface area contributed by atoms with E-state index in [1.165, 1.54) is 32.1 Å². The molecule has 1 fully saturated rings. The lowest BCUT2D eigenvalue weighted by atomic mass is 10.0. The Kier molecular flexibility index (Phi) is 3.20. The van der Waals surface area contributed by atoms with E-state index in [4.69, 9.17) is 0 Å². The van der Waals surface area contributed by atoms with Crippen molar-refractivity contribution in [3.8, 4) is 0 Å². The molecule has 0 amide bonds. The van der Waals surface area contributed by atoms with E-state index in [2.05, 4.69) is 19.3 Å². The Hall–Kier alpha value is -0.0400. The van der Waals surface area contributed by atoms with Gasteiger partial charge in [-0.2, -0.15) is 0 Å². The monoisotopic (exact) mass is 141 g/mol. The first kappa shape index (κ1) is 8.06. The van der Waals surface area contributed by atoms with Gasteiger partial charge in [0.05, 0.1) is 0 Å². The summed E-state index contributed by atoms with van der Waals surface area (Å²) in [5.41, 5.74) is 0. The maximum Gasteiger partial charge on any atom is 0.00641 e. The van der Waals surface area contributed by atoms with Crippen LogP contribution in [0.15, 0.2) is 0 Å². The van der Waals surface area contributed by atoms with E-state index in [0.717, 1.165) is 12.0 Å². The standard InChI is InChI=1S/C9H19N/c1-8-4-3-5-9(10-2)7-6-8/h8-10H,3-7H2,1-2H3/t8?,9-/m1/s1. The molecule has 1 N–H and O–H groups in total. The molecule has 1 aliphatic rings. The predicted molar refractivity (Wildman–Crippen MR) is 45.1 cm³/mol. The summed E-state index contributed by atoms with van der Waals surface area (Å²) >= 11 is 0. The summed E-state index contributed by atoms with van der Waals surface area (Å²) < 4.78 is 0. The van der Waals surface area contributed by atoms with Gasteiger partial charge in [0.1, 0.15) is 0 Å². The fourth-order valence-electron chi connectivity index (χ4n) is 1.78. The normalized spacial score (nSPS) is 35.4. The zero-order valence-corrected chi connectivity index (χ0v) is 7.19. The fourth-order valence-corrected chi connectivity index (χ4v) is 1.78. The third kappa shape index (κ3) is 2.30. The molecule has 0 bridgehead atoms. The molecule has 0 aromatic rings. The van der Waals surface area contributed by atoms with E-state index in [1.54, 1.807) is 0 Å². The Morgan fingerprint density at radius 1 is 1.10 bits per heavy atom. The van der Waals surface area contributed by atoms with Crippen molar-refractivity contribution in [2.24, 2.45) is 5.92 Å². The Morgan fingerprint density at radius 2 is 1.90 bits per heavy atom. The molecule has 0 aliphatic heterocycles. The van der Waals surface area contributed by atoms with Crippen LogP contribution in [0.1, 0.15) is 39.0 Å². The molecule has 1 unspecified atom stereocenters. The third-order valence-electron chi connectivity index (χ3n) is 2.67. The number of nitrogens with one attached hydrogen (secondary N) is 1. The second-order valence-corrected chi connectivity index (χ2v) is 3.60. The van der Waals surface area contributed by atoms with Crippen molar-refractivity contribution in [3.63, 3.8) is 0 Å². The highest BCUT2D eigenvalue weighted by Crippen LogP contribution is 2.21. The van der Waals surface area contributed by atoms with E-state index in [1.807, 2.05) is 0 Å². The third-order valence-corrected chi connectivity index (χ3v) is 2.67. The smallest absolute Gasteiger partial charge is 0.00641 e. The minimum absolute atomic E-state index is 0.810. The van der Waals surface area contributed by atoms with Crippen LogP contribution in [0.2, 0.25) is 0 Å². The molecule has 0 aromatic carbocycles. The second kappa shape index (κ2) is 3.97. The lowest BCUT2D eigenvalue weighted by molar-refractivity contribution is 0.475. The van der Waals surface area contributed by atoms with Gasteiger partial charge >= 0.3 is 0 Å². The van der Waals surface area contributed by atoms with Crippen molar-refractivity contribution in [1.82, 2.24) is 5.32 Å². The summed E-state index contributed by atoms with van der Waals surface area (Å²) in [6.07, 6.45) is 7.06. The predicted octanol–water partition coefficient (Wildman–Crippen LogP) is 2.17. The zero-order valence-electron chi connectivity index (χ0n) is 7.19. The van der Waals surface area contributed by atoms with E-state index in [9.17, 15) is 0 Å². The van der Waals surface area contributed by atoms with E-state index < -0.39 is 0 Å². The highest BCUT2D eigenvalue weighted by atomic mass is 14.9. The molecule has 60 valence electrons. The molecule has 2 atom stereocenters. The Balaban J connectivity index is 2.26. The molecule has 0 saturated heterocycles. The van der Waals surface area contributed by atoms with Crippen molar-refractivity contribution in [3.05, 3.63) is 0 Å². The molecule has 1 saturated carbocycles. The van der Waals surface area contributed by atoms with Gasteiger partial charge in [-0.3, -0.25) is 0 Å². The van der Waals surface area contributed by atoms with Crippen LogP contribution in [0.4, 0.5) is 0 Å². The maximum atomic E-state index is 3.36. The Labute approximate surface area is 64.2 Å². The molecule has 1 nitrogen and oxygen atoms in total. The van der Waals surface area contributed by atoms with Crippen LogP contribution in [-0.4, -0.2) is 13.1 Å². The van der Waals surface area contributed by atoms with Gasteiger partial charge in [-0.15, -0.1) is 0 Å². The van der Waals surface area contributed by atoms with Crippen LogP contribution in [0.5, 0.6) is 0 Å². The van der Waals surface area contributed by atoms with Crippen molar-refractivity contribution in [2.45, 2.75) is 45.1 Å². The summed E-state index contributed by atoms with van der Waals surface area (Å²) in [5.74, 6) is 0.971. The van der Waals surface area contributed by atoms with Crippen LogP contribution in [0, 0.1) is 5.92 Å². The molecule has 1 aliphatic carbocycles. The molecule has 1 rings (SSSR count). The van der Waals surface area contributed by atoms with Gasteiger partial charge < -0.3 is 5.32 Å². The van der Waals surface area contributed by atoms with Gasteiger partial charge in [0.15, 0.2) is 0 Å². The van der Waals surface area contributed by atoms with Crippen LogP contribution in [0.25, 0.3) is 0 Å². The van der Waals surface area contributed by atoms with Crippen LogP contribution in [0.3, 0.4) is 0 Å². The van der Waals surface area contributed by atoms with Crippen molar-refractivity contribution < 1.29 is 0 Å². The first-order valence-corrected chi connectivity index (χ1v) is 4.50. The van der Waals surface area contributed by atoms with Crippen molar-refractivity contribution in [2.75, 3.05) is 7.05 Å². The molecule has 10 heavy (non-hydrogen) atoms. The number of hydrogen-bond donors (Lipinski definition) is 1. The first-order chi connectivity index (χ1) is 4.83. The largest absolute Gasteiger partial charge is 0.317 e. The van der Waals surface area contributed by atoms with Gasteiger partial charge in [-0.25, -0.2) is 0 Å². The summed E-state index contributed by atoms with van der Waals surface area (Å²) in [4.78, 5) is 0. The van der Waals surface area contributed by atoms with E-state index in [-0.39, 0.29) is 0 Å². The second-order valence-electron chi connectivity index (χ2n) is 3.60. The van der Waals surface area contributed by atoms with Gasteiger partial charge in [0.25, 0.3) is 0 Å². The lowest BCUT2D eigenvalue weighted by Crippen LogP contribution is -2.23. The van der Waals surface area contributed by atoms with E-state index >= 15 is 0 Å². The SMILES string of the molecule is CN[C@@H]1CCCC(C)CC1. The quantitative estimate of drug-likeness (QED) is 0.552. The summed E-state index contributed by atoms with van der Waals surface area (Å²) in [6.45, 7) is 2.37. The number of rotatable bonds is 1. The Bertz CT molecular complexity index is 90.7. The van der Waals surface area contributed by atoms with Gasteiger partial charge in [-0.1, -0.05) is 19.8 Å². The average molecular weight is 141 g/mol. The molecule has 0 heterocycles. The average Bonchev–Trinajstić information content (AvgIpc) is 2.14. The molecule has 0 radical (unpaired) electrons. The van der Waals surface area contributed by atoms with Crippen LogP contribution >= 0.6 is 0 Å². The van der Waals surface area contributed by atoms with Crippen LogP contribution < -0.4 is 5.32 Å². The summed E-state index contributed by atoms with van der Waals surface area (Å²) in [6, 6.07) is 0.810. The highest BCUT2D eigenvalue weighted by Gasteiger charge is 2.13. The summed E-state index contributed by atoms with van der Waals surface area (Å²) in [7, 11) is 2.08.